The van der Waals surface area contributed by atoms with E-state index in [-0.39, 0.29) is 37.0 Å². The van der Waals surface area contributed by atoms with Gasteiger partial charge >= 0.3 is 12.4 Å². The molecule has 0 bridgehead atoms. The van der Waals surface area contributed by atoms with Crippen molar-refractivity contribution in [2.24, 2.45) is 0 Å². The summed E-state index contributed by atoms with van der Waals surface area (Å²) in [4.78, 5) is 12.4. The fraction of sp³-hybridized carbons (Fsp3) is 0.208. The summed E-state index contributed by atoms with van der Waals surface area (Å²) in [5.41, 5.74) is -0.811. The topological polar surface area (TPSA) is 17.1 Å². The predicted molar refractivity (Wildman–Crippen MR) is 123 cm³/mol. The van der Waals surface area contributed by atoms with Crippen molar-refractivity contribution in [1.82, 2.24) is 0 Å². The molecule has 0 radical (unpaired) electrons. The van der Waals surface area contributed by atoms with Gasteiger partial charge in [0.1, 0.15) is 11.7 Å². The Kier molecular flexibility index (Phi) is 8.09. The molecule has 0 saturated carbocycles. The lowest BCUT2D eigenvalue weighted by Crippen LogP contribution is -2.19. The molecule has 1 atom stereocenters. The molecule has 1 unspecified atom stereocenters. The first-order valence-corrected chi connectivity index (χ1v) is 11.0. The molecule has 0 aliphatic heterocycles. The summed E-state index contributed by atoms with van der Waals surface area (Å²) in [6.07, 6.45) is -11.3. The Morgan fingerprint density at radius 3 is 1.89 bits per heavy atom. The molecule has 0 aliphatic rings. The van der Waals surface area contributed by atoms with E-state index in [1.807, 2.05) is 0 Å². The molecule has 1 nitrogen and oxygen atoms in total. The maximum atomic E-state index is 15.3. The number of hydrogen-bond donors (Lipinski definition) is 0. The van der Waals surface area contributed by atoms with Crippen molar-refractivity contribution >= 4 is 57.2 Å². The Bertz CT molecular complexity index is 1270. The van der Waals surface area contributed by atoms with Crippen LogP contribution in [0.5, 0.6) is 0 Å². The lowest BCUT2D eigenvalue weighted by Gasteiger charge is -2.19. The number of rotatable bonds is 6. The number of fused-ring (bicyclic) bond motifs is 1. The fourth-order valence-electron chi connectivity index (χ4n) is 3.51. The molecule has 3 rings (SSSR count). The minimum absolute atomic E-state index is 0.0622. The summed E-state index contributed by atoms with van der Waals surface area (Å²) in [6.45, 7) is 0. The van der Waals surface area contributed by atoms with Crippen molar-refractivity contribution in [3.05, 3.63) is 86.4 Å². The van der Waals surface area contributed by atoms with Crippen LogP contribution in [0.2, 0.25) is 15.1 Å². The lowest BCUT2D eigenvalue weighted by atomic mass is 9.92. The highest BCUT2D eigenvalue weighted by Crippen LogP contribution is 2.43. The van der Waals surface area contributed by atoms with Gasteiger partial charge in [-0.25, -0.2) is 4.39 Å². The second kappa shape index (κ2) is 10.4. The summed E-state index contributed by atoms with van der Waals surface area (Å²) in [5, 5.41) is -0.470. The smallest absolute Gasteiger partial charge is 0.294 e. The van der Waals surface area contributed by atoms with E-state index in [2.05, 4.69) is 0 Å². The van der Waals surface area contributed by atoms with Crippen molar-refractivity contribution in [2.45, 2.75) is 31.1 Å². The third-order valence-electron chi connectivity index (χ3n) is 5.15. The maximum absolute atomic E-state index is 15.3. The normalized spacial score (nSPS) is 13.8. The van der Waals surface area contributed by atoms with Crippen LogP contribution in [0, 0.1) is 0 Å². The van der Waals surface area contributed by atoms with Crippen LogP contribution in [0.1, 0.15) is 40.2 Å². The molecule has 0 spiro atoms. The molecule has 0 amide bonds. The zero-order chi connectivity index (χ0) is 26.1. The number of ketones is 1. The van der Waals surface area contributed by atoms with E-state index in [1.54, 1.807) is 0 Å². The van der Waals surface area contributed by atoms with Crippen LogP contribution in [0.25, 0.3) is 16.6 Å². The van der Waals surface area contributed by atoms with E-state index in [4.69, 9.17) is 34.8 Å². The average molecular weight is 558 g/mol. The van der Waals surface area contributed by atoms with E-state index < -0.39 is 48.3 Å². The van der Waals surface area contributed by atoms with Crippen molar-refractivity contribution < 1.29 is 35.5 Å². The van der Waals surface area contributed by atoms with Crippen LogP contribution in [-0.4, -0.2) is 18.1 Å². The molecule has 35 heavy (non-hydrogen) atoms. The zero-order valence-electron chi connectivity index (χ0n) is 17.4. The molecule has 11 heteroatoms. The molecule has 0 N–H and O–H groups in total. The number of carbonyl (C=O) groups excluding carboxylic acids is 1. The fourth-order valence-corrected chi connectivity index (χ4v) is 4.12. The Hall–Kier alpha value is -2.29. The Morgan fingerprint density at radius 2 is 1.37 bits per heavy atom. The quantitative estimate of drug-likeness (QED) is 0.167. The number of Topliss-reactive ketones (excluding diaryl/α,β-unsaturated/α-hetero) is 1. The first kappa shape index (κ1) is 27.3. The summed E-state index contributed by atoms with van der Waals surface area (Å²) < 4.78 is 94.4. The van der Waals surface area contributed by atoms with Crippen molar-refractivity contribution in [1.29, 1.82) is 0 Å². The number of alkyl halides is 6. The van der Waals surface area contributed by atoms with Crippen molar-refractivity contribution in [3.63, 3.8) is 0 Å². The average Bonchev–Trinajstić information content (AvgIpc) is 2.77. The van der Waals surface area contributed by atoms with Gasteiger partial charge in [-0.05, 0) is 34.5 Å². The molecule has 0 aliphatic carbocycles. The molecule has 3 aromatic rings. The second-order valence-corrected chi connectivity index (χ2v) is 8.77. The lowest BCUT2D eigenvalue weighted by molar-refractivity contribution is -0.139. The molecule has 0 aromatic heterocycles. The van der Waals surface area contributed by atoms with Gasteiger partial charge in [-0.3, -0.25) is 4.79 Å². The van der Waals surface area contributed by atoms with Crippen LogP contribution in [0.4, 0.5) is 30.7 Å². The van der Waals surface area contributed by atoms with Crippen molar-refractivity contribution in [2.75, 3.05) is 0 Å². The Labute approximate surface area is 210 Å². The van der Waals surface area contributed by atoms with Crippen molar-refractivity contribution in [3.8, 4) is 0 Å². The standard InChI is InChI=1S/C24H14Cl3F7O/c25-18-9-12(10-19(26)22(18)27)17(24(32,33)34)11-20(28)15-5-6-16(14-4-2-1-3-13(14)15)21(35)7-8-23(29,30)31/h1-6,9-11,17H,7-8H2/b20-11-. The van der Waals surface area contributed by atoms with Gasteiger partial charge in [-0.1, -0.05) is 71.2 Å². The monoisotopic (exact) mass is 556 g/mol. The summed E-state index contributed by atoms with van der Waals surface area (Å²) in [7, 11) is 0. The predicted octanol–water partition coefficient (Wildman–Crippen LogP) is 9.98. The first-order valence-electron chi connectivity index (χ1n) is 9.89. The second-order valence-electron chi connectivity index (χ2n) is 7.58. The van der Waals surface area contributed by atoms with E-state index in [9.17, 15) is 31.1 Å². The van der Waals surface area contributed by atoms with Gasteiger partial charge in [0.05, 0.1) is 21.5 Å². The third kappa shape index (κ3) is 6.48. The Morgan fingerprint density at radius 1 is 0.857 bits per heavy atom. The van der Waals surface area contributed by atoms with Crippen LogP contribution < -0.4 is 0 Å². The first-order chi connectivity index (χ1) is 16.2. The van der Waals surface area contributed by atoms with Crippen LogP contribution in [-0.2, 0) is 0 Å². The summed E-state index contributed by atoms with van der Waals surface area (Å²) >= 11 is 17.5. The minimum Gasteiger partial charge on any atom is -0.294 e. The van der Waals surface area contributed by atoms with Gasteiger partial charge in [0.2, 0.25) is 0 Å². The number of allylic oxidation sites excluding steroid dienone is 1. The summed E-state index contributed by atoms with van der Waals surface area (Å²) in [5.74, 6) is -4.53. The van der Waals surface area contributed by atoms with E-state index in [0.717, 1.165) is 24.3 Å². The molecule has 3 aromatic carbocycles. The van der Waals surface area contributed by atoms with Gasteiger partial charge < -0.3 is 0 Å². The van der Waals surface area contributed by atoms with Gasteiger partial charge in [-0.15, -0.1) is 0 Å². The van der Waals surface area contributed by atoms with Crippen LogP contribution in [0.3, 0.4) is 0 Å². The highest BCUT2D eigenvalue weighted by Gasteiger charge is 2.40. The number of carbonyl (C=O) groups is 1. The van der Waals surface area contributed by atoms with Gasteiger partial charge in [0.25, 0.3) is 0 Å². The van der Waals surface area contributed by atoms with Gasteiger partial charge in [0.15, 0.2) is 5.78 Å². The summed E-state index contributed by atoms with van der Waals surface area (Å²) in [6, 6.07) is 9.70. The highest BCUT2D eigenvalue weighted by atomic mass is 35.5. The van der Waals surface area contributed by atoms with Crippen LogP contribution >= 0.6 is 34.8 Å². The number of hydrogen-bond acceptors (Lipinski definition) is 1. The number of benzene rings is 3. The molecular weight excluding hydrogens is 544 g/mol. The van der Waals surface area contributed by atoms with Gasteiger partial charge in [0, 0.05) is 17.5 Å². The number of halogens is 10. The maximum Gasteiger partial charge on any atom is 0.399 e. The van der Waals surface area contributed by atoms with E-state index in [0.29, 0.717) is 6.08 Å². The van der Waals surface area contributed by atoms with Gasteiger partial charge in [-0.2, -0.15) is 26.3 Å². The third-order valence-corrected chi connectivity index (χ3v) is 6.35. The molecule has 186 valence electrons. The minimum atomic E-state index is -4.93. The molecule has 0 fully saturated rings. The molecule has 0 saturated heterocycles. The van der Waals surface area contributed by atoms with E-state index in [1.165, 1.54) is 24.3 Å². The molecule has 0 heterocycles. The molecular formula is C24H14Cl3F7O. The van der Waals surface area contributed by atoms with E-state index >= 15 is 4.39 Å². The highest BCUT2D eigenvalue weighted by molar-refractivity contribution is 6.48. The SMILES string of the molecule is O=C(CCC(F)(F)F)c1ccc(/C(F)=C/C(c2cc(Cl)c(Cl)c(Cl)c2)C(F)(F)F)c2ccccc12. The zero-order valence-corrected chi connectivity index (χ0v) is 19.6. The largest absolute Gasteiger partial charge is 0.399 e. The van der Waals surface area contributed by atoms with Crippen LogP contribution in [0.15, 0.2) is 54.6 Å². The Balaban J connectivity index is 2.09.